The van der Waals surface area contributed by atoms with Gasteiger partial charge in [-0.3, -0.25) is 10.3 Å². The van der Waals surface area contributed by atoms with E-state index in [1.807, 2.05) is 71.9 Å². The predicted octanol–water partition coefficient (Wildman–Crippen LogP) is 2.75. The molecule has 1 aromatic heterocycles. The molecule has 0 saturated heterocycles. The Morgan fingerprint density at radius 1 is 1.15 bits per heavy atom. The summed E-state index contributed by atoms with van der Waals surface area (Å²) in [5.41, 5.74) is 7.65. The highest BCUT2D eigenvalue weighted by atomic mass is 15.3. The van der Waals surface area contributed by atoms with Crippen LogP contribution < -0.4 is 11.1 Å². The van der Waals surface area contributed by atoms with Crippen molar-refractivity contribution in [2.45, 2.75) is 6.54 Å². The van der Waals surface area contributed by atoms with Crippen molar-refractivity contribution in [2.24, 2.45) is 10.7 Å². The van der Waals surface area contributed by atoms with Gasteiger partial charge in [-0.2, -0.15) is 5.26 Å². The maximum Gasteiger partial charge on any atom is 0.212 e. The van der Waals surface area contributed by atoms with Gasteiger partial charge in [0.25, 0.3) is 0 Å². The highest BCUT2D eigenvalue weighted by molar-refractivity contribution is 5.88. The second kappa shape index (κ2) is 8.60. The van der Waals surface area contributed by atoms with Crippen LogP contribution in [0.4, 0.5) is 5.69 Å². The third kappa shape index (κ3) is 4.35. The van der Waals surface area contributed by atoms with Crippen LogP contribution in [0.5, 0.6) is 0 Å². The number of aliphatic imine (C=N–C) groups is 1. The molecule has 6 heteroatoms. The van der Waals surface area contributed by atoms with Crippen LogP contribution in [0.1, 0.15) is 5.56 Å². The molecule has 3 N–H and O–H groups in total. The first-order chi connectivity index (χ1) is 12.8. The van der Waals surface area contributed by atoms with Gasteiger partial charge in [0.1, 0.15) is 0 Å². The third-order valence-electron chi connectivity index (χ3n) is 3.94. The average molecular weight is 344 g/mol. The van der Waals surface area contributed by atoms with Gasteiger partial charge in [0, 0.05) is 37.4 Å². The number of pyridine rings is 1. The summed E-state index contributed by atoms with van der Waals surface area (Å²) >= 11 is 0. The number of aromatic nitrogens is 1. The Labute approximate surface area is 152 Å². The summed E-state index contributed by atoms with van der Waals surface area (Å²) in [5.74, 6) is 0.482. The van der Waals surface area contributed by atoms with E-state index in [9.17, 15) is 0 Å². The molecule has 0 bridgehead atoms. The van der Waals surface area contributed by atoms with E-state index in [2.05, 4.69) is 15.3 Å². The van der Waals surface area contributed by atoms with Crippen LogP contribution >= 0.6 is 0 Å². The molecule has 0 fully saturated rings. The van der Waals surface area contributed by atoms with Gasteiger partial charge in [-0.15, -0.1) is 0 Å². The number of fused-ring (bicyclic) bond motifs is 1. The molecule has 1 heterocycles. The van der Waals surface area contributed by atoms with Crippen molar-refractivity contribution >= 4 is 22.4 Å². The van der Waals surface area contributed by atoms with E-state index in [0.717, 1.165) is 22.0 Å². The molecule has 2 aromatic carbocycles. The standard InChI is InChI=1S/C20H20N6/c21-9-11-26(14-16-4-2-1-3-5-16)20(24-15-22)25-19-7-6-18-13-23-10-8-17(18)12-19/h1-8,10,12-13H,9,11,14,21H2,(H,24,25). The van der Waals surface area contributed by atoms with E-state index in [1.165, 1.54) is 0 Å². The number of nitrogens with zero attached hydrogens (tertiary/aromatic N) is 4. The van der Waals surface area contributed by atoms with Gasteiger partial charge in [0.05, 0.1) is 5.69 Å². The highest BCUT2D eigenvalue weighted by Crippen LogP contribution is 2.21. The largest absolute Gasteiger partial charge is 0.336 e. The Kier molecular flexibility index (Phi) is 5.76. The summed E-state index contributed by atoms with van der Waals surface area (Å²) in [4.78, 5) is 10.7. The van der Waals surface area contributed by atoms with Crippen molar-refractivity contribution in [1.82, 2.24) is 15.2 Å². The molecular formula is C20H20N6. The van der Waals surface area contributed by atoms with Crippen LogP contribution in [0.2, 0.25) is 0 Å². The Hall–Kier alpha value is -3.43. The Balaban J connectivity index is 1.93. The second-order valence-corrected chi connectivity index (χ2v) is 5.78. The molecule has 26 heavy (non-hydrogen) atoms. The first-order valence-electron chi connectivity index (χ1n) is 8.36. The topological polar surface area (TPSA) is 90.3 Å². The van der Waals surface area contributed by atoms with E-state index in [-0.39, 0.29) is 0 Å². The summed E-state index contributed by atoms with van der Waals surface area (Å²) in [6.07, 6.45) is 5.54. The maximum atomic E-state index is 9.16. The van der Waals surface area contributed by atoms with Crippen molar-refractivity contribution in [3.63, 3.8) is 0 Å². The fraction of sp³-hybridized carbons (Fsp3) is 0.150. The number of hydrogen-bond donors (Lipinski definition) is 2. The first-order valence-corrected chi connectivity index (χ1v) is 8.36. The molecule has 3 rings (SSSR count). The number of nitrogens with two attached hydrogens (primary N) is 1. The van der Waals surface area contributed by atoms with E-state index in [0.29, 0.717) is 25.6 Å². The molecule has 130 valence electrons. The average Bonchev–Trinajstić information content (AvgIpc) is 2.68. The molecule has 0 radical (unpaired) electrons. The number of nitriles is 1. The molecule has 0 aliphatic carbocycles. The van der Waals surface area contributed by atoms with Crippen molar-refractivity contribution in [3.05, 3.63) is 72.6 Å². The van der Waals surface area contributed by atoms with Gasteiger partial charge in [-0.25, -0.2) is 4.99 Å². The number of rotatable bonds is 5. The zero-order valence-electron chi connectivity index (χ0n) is 14.3. The second-order valence-electron chi connectivity index (χ2n) is 5.78. The molecule has 0 spiro atoms. The highest BCUT2D eigenvalue weighted by Gasteiger charge is 2.12. The van der Waals surface area contributed by atoms with E-state index in [4.69, 9.17) is 11.0 Å². The van der Waals surface area contributed by atoms with E-state index in [1.54, 1.807) is 6.20 Å². The summed E-state index contributed by atoms with van der Waals surface area (Å²) in [7, 11) is 0. The first kappa shape index (κ1) is 17.4. The Morgan fingerprint density at radius 2 is 2.00 bits per heavy atom. The van der Waals surface area contributed by atoms with Gasteiger partial charge in [0.15, 0.2) is 6.19 Å². The molecule has 0 aliphatic rings. The molecule has 6 nitrogen and oxygen atoms in total. The maximum absolute atomic E-state index is 9.16. The van der Waals surface area contributed by atoms with Crippen LogP contribution in [0.15, 0.2) is 72.0 Å². The Morgan fingerprint density at radius 3 is 2.77 bits per heavy atom. The van der Waals surface area contributed by atoms with Crippen LogP contribution in [-0.4, -0.2) is 28.9 Å². The minimum atomic E-state index is 0.461. The molecule has 0 atom stereocenters. The number of hydrogen-bond acceptors (Lipinski definition) is 4. The smallest absolute Gasteiger partial charge is 0.212 e. The molecule has 0 saturated carbocycles. The van der Waals surface area contributed by atoms with Gasteiger partial charge < -0.3 is 10.6 Å². The fourth-order valence-electron chi connectivity index (χ4n) is 2.71. The normalized spacial score (nSPS) is 11.2. The Bertz CT molecular complexity index is 930. The van der Waals surface area contributed by atoms with Crippen molar-refractivity contribution < 1.29 is 0 Å². The van der Waals surface area contributed by atoms with Crippen LogP contribution in [0.25, 0.3) is 10.8 Å². The zero-order chi connectivity index (χ0) is 18.2. The molecular weight excluding hydrogens is 324 g/mol. The van der Waals surface area contributed by atoms with Crippen LogP contribution in [0, 0.1) is 11.5 Å². The third-order valence-corrected chi connectivity index (χ3v) is 3.94. The predicted molar refractivity (Wildman–Crippen MR) is 103 cm³/mol. The van der Waals surface area contributed by atoms with E-state index >= 15 is 0 Å². The van der Waals surface area contributed by atoms with E-state index < -0.39 is 0 Å². The summed E-state index contributed by atoms with van der Waals surface area (Å²) in [6.45, 7) is 1.66. The lowest BCUT2D eigenvalue weighted by atomic mass is 10.1. The fourth-order valence-corrected chi connectivity index (χ4v) is 2.71. The summed E-state index contributed by atoms with van der Waals surface area (Å²) in [6, 6.07) is 17.8. The van der Waals surface area contributed by atoms with Crippen molar-refractivity contribution in [3.8, 4) is 6.19 Å². The van der Waals surface area contributed by atoms with Gasteiger partial charge in [-0.05, 0) is 29.1 Å². The van der Waals surface area contributed by atoms with Gasteiger partial charge >= 0.3 is 0 Å². The van der Waals surface area contributed by atoms with Gasteiger partial charge in [0.2, 0.25) is 5.96 Å². The number of guanidine groups is 1. The monoisotopic (exact) mass is 344 g/mol. The SMILES string of the molecule is N#CNC(=Nc1ccc2cnccc2c1)N(CCN)Cc1ccccc1. The van der Waals surface area contributed by atoms with Crippen LogP contribution in [-0.2, 0) is 6.54 Å². The quantitative estimate of drug-likeness (QED) is 0.321. The van der Waals surface area contributed by atoms with Crippen molar-refractivity contribution in [2.75, 3.05) is 13.1 Å². The van der Waals surface area contributed by atoms with Crippen LogP contribution in [0.3, 0.4) is 0 Å². The van der Waals surface area contributed by atoms with Gasteiger partial charge in [-0.1, -0.05) is 36.4 Å². The van der Waals surface area contributed by atoms with Crippen molar-refractivity contribution in [1.29, 1.82) is 5.26 Å². The lowest BCUT2D eigenvalue weighted by Gasteiger charge is -2.24. The molecule has 0 aliphatic heterocycles. The molecule has 0 unspecified atom stereocenters. The summed E-state index contributed by atoms with van der Waals surface area (Å²) in [5, 5.41) is 14.0. The summed E-state index contributed by atoms with van der Waals surface area (Å²) < 4.78 is 0. The minimum absolute atomic E-state index is 0.461. The number of benzene rings is 2. The minimum Gasteiger partial charge on any atom is -0.336 e. The lowest BCUT2D eigenvalue weighted by molar-refractivity contribution is 0.412. The molecule has 3 aromatic rings. The number of nitrogens with one attached hydrogen (secondary N) is 1. The zero-order valence-corrected chi connectivity index (χ0v) is 14.3. The molecule has 0 amide bonds. The lowest BCUT2D eigenvalue weighted by Crippen LogP contribution is -2.41.